The van der Waals surface area contributed by atoms with Gasteiger partial charge in [0.25, 0.3) is 0 Å². The molecule has 3 heterocycles. The number of rotatable bonds is 12. The number of nitrogens with zero attached hydrogens (tertiary/aromatic N) is 9. The summed E-state index contributed by atoms with van der Waals surface area (Å²) in [5, 5.41) is 7.60. The van der Waals surface area contributed by atoms with Gasteiger partial charge in [0.15, 0.2) is 0 Å². The van der Waals surface area contributed by atoms with Crippen LogP contribution in [0.15, 0.2) is 0 Å². The molecule has 4 saturated carbocycles. The van der Waals surface area contributed by atoms with Gasteiger partial charge >= 0.3 is 6.18 Å². The Morgan fingerprint density at radius 1 is 0.566 bits per heavy atom. The molecule has 3 aliphatic heterocycles. The number of carbonyl (C=O) groups excluding carboxylic acids is 12. The first kappa shape index (κ1) is 80.0. The van der Waals surface area contributed by atoms with Crippen LogP contribution in [0.2, 0.25) is 0 Å². The van der Waals surface area contributed by atoms with Crippen molar-refractivity contribution in [1.29, 1.82) is 0 Å². The molecule has 0 aromatic heterocycles. The average molecular weight is 1420 g/mol. The predicted octanol–water partition coefficient (Wildman–Crippen LogP) is 5.70. The summed E-state index contributed by atoms with van der Waals surface area (Å²) >= 11 is 6.40. The van der Waals surface area contributed by atoms with E-state index < -0.39 is 168 Å². The van der Waals surface area contributed by atoms with Gasteiger partial charge in [0, 0.05) is 74.3 Å². The van der Waals surface area contributed by atoms with E-state index in [0.29, 0.717) is 51.6 Å². The molecule has 1 spiro atoms. The molecule has 0 aromatic carbocycles. The molecule has 7 aliphatic rings. The Labute approximate surface area is 588 Å². The number of fused-ring (bicyclic) bond motifs is 1. The van der Waals surface area contributed by atoms with E-state index in [-0.39, 0.29) is 101 Å². The molecule has 0 radical (unpaired) electrons. The molecule has 24 nitrogen and oxygen atoms in total. The molecule has 28 heteroatoms. The molecule has 3 unspecified atom stereocenters. The van der Waals surface area contributed by atoms with E-state index in [1.807, 2.05) is 20.8 Å². The fraction of sp³-hybridized carbons (Fsp3) is 0.831. The summed E-state index contributed by atoms with van der Waals surface area (Å²) in [5.41, 5.74) is -1.54. The van der Waals surface area contributed by atoms with Crippen molar-refractivity contribution in [1.82, 2.24) is 60.0 Å². The smallest absolute Gasteiger partial charge is 0.343 e. The second-order valence-corrected chi connectivity index (χ2v) is 31.2. The molecule has 558 valence electrons. The fourth-order valence-electron chi connectivity index (χ4n) is 15.8. The van der Waals surface area contributed by atoms with Gasteiger partial charge in [-0.25, -0.2) is 0 Å². The minimum absolute atomic E-state index is 0.00302. The zero-order valence-corrected chi connectivity index (χ0v) is 61.4. The van der Waals surface area contributed by atoms with Gasteiger partial charge in [-0.15, -0.1) is 11.6 Å². The SMILES string of the molecule is CC[C@H](C)[C@@H]1NC(=O)[C@H](CC(C)C)N(C)C(=O)C[C@@H](C(=O)N2CCCCC2)N(C)C(=O)[C@H](CC2CC2)N(C)C(=O)C2(CCCC2)NC(=O)[C@@H]2CCCN2C(=O)[C@H](CCC2CCC(C(F)(F)F)C(Cl)C2)NC(=O)CN(C)C(=O)[C@H](CC2CCCCC2)N(C)C(=O)CN(C)C(=O)CN(C)C1=O. The maximum atomic E-state index is 15.5. The lowest BCUT2D eigenvalue weighted by Gasteiger charge is -2.41. The predicted molar refractivity (Wildman–Crippen MR) is 365 cm³/mol. The third-order valence-electron chi connectivity index (χ3n) is 22.7. The number of halogens is 4. The highest BCUT2D eigenvalue weighted by Gasteiger charge is 2.52. The van der Waals surface area contributed by atoms with Crippen LogP contribution in [-0.2, 0) is 57.5 Å². The first-order valence-corrected chi connectivity index (χ1v) is 37.1. The highest BCUT2D eigenvalue weighted by atomic mass is 35.5. The van der Waals surface area contributed by atoms with Gasteiger partial charge < -0.3 is 60.0 Å². The Bertz CT molecular complexity index is 2890. The number of likely N-dealkylation sites (N-methyl/N-ethyl adjacent to an activating group) is 7. The summed E-state index contributed by atoms with van der Waals surface area (Å²) in [7, 11) is 10.0. The zero-order valence-electron chi connectivity index (χ0n) is 60.6. The molecular weight excluding hydrogens is 1310 g/mol. The lowest BCUT2D eigenvalue weighted by Crippen LogP contribution is -2.64. The molecule has 7 rings (SSSR count). The number of hydrogen-bond acceptors (Lipinski definition) is 12. The lowest BCUT2D eigenvalue weighted by atomic mass is 9.78. The number of alkyl halides is 4. The van der Waals surface area contributed by atoms with Crippen LogP contribution in [-0.4, -0.2) is 263 Å². The van der Waals surface area contributed by atoms with Gasteiger partial charge in [-0.3, -0.25) is 57.5 Å². The van der Waals surface area contributed by atoms with Gasteiger partial charge in [-0.1, -0.05) is 91.9 Å². The first-order valence-electron chi connectivity index (χ1n) is 36.7. The lowest BCUT2D eigenvalue weighted by molar-refractivity contribution is -0.182. The second-order valence-electron chi connectivity index (χ2n) is 30.6. The van der Waals surface area contributed by atoms with E-state index in [1.54, 1.807) is 11.8 Å². The van der Waals surface area contributed by atoms with Crippen LogP contribution in [0.3, 0.4) is 0 Å². The third kappa shape index (κ3) is 20.7. The monoisotopic (exact) mass is 1420 g/mol. The van der Waals surface area contributed by atoms with Crippen molar-refractivity contribution >= 4 is 82.5 Å². The molecule has 11 atom stereocenters. The molecule has 12 amide bonds. The maximum absolute atomic E-state index is 15.5. The fourth-order valence-corrected chi connectivity index (χ4v) is 16.3. The van der Waals surface area contributed by atoms with Crippen LogP contribution in [0.1, 0.15) is 195 Å². The Morgan fingerprint density at radius 3 is 1.74 bits per heavy atom. The van der Waals surface area contributed by atoms with Crippen LogP contribution in [0, 0.1) is 35.5 Å². The summed E-state index contributed by atoms with van der Waals surface area (Å²) in [6, 6.07) is -8.49. The van der Waals surface area contributed by atoms with E-state index in [4.69, 9.17) is 11.6 Å². The van der Waals surface area contributed by atoms with Crippen molar-refractivity contribution in [2.45, 2.75) is 254 Å². The Balaban J connectivity index is 1.26. The van der Waals surface area contributed by atoms with Gasteiger partial charge in [-0.2, -0.15) is 13.2 Å². The van der Waals surface area contributed by atoms with Crippen molar-refractivity contribution in [2.24, 2.45) is 35.5 Å². The largest absolute Gasteiger partial charge is 0.393 e. The average Bonchev–Trinajstić information content (AvgIpc) is 1.72. The van der Waals surface area contributed by atoms with E-state index in [0.717, 1.165) is 66.1 Å². The van der Waals surface area contributed by atoms with Crippen molar-refractivity contribution in [3.63, 3.8) is 0 Å². The Hall–Kier alpha value is -6.28. The number of hydrogen-bond donors (Lipinski definition) is 3. The number of carbonyl (C=O) groups is 12. The van der Waals surface area contributed by atoms with Crippen LogP contribution < -0.4 is 16.0 Å². The molecule has 0 aromatic rings. The summed E-state index contributed by atoms with van der Waals surface area (Å²) in [6.07, 6.45) is 6.22. The number of amides is 12. The summed E-state index contributed by atoms with van der Waals surface area (Å²) in [6.45, 7) is 6.57. The maximum Gasteiger partial charge on any atom is 0.393 e. The molecule has 0 bridgehead atoms. The summed E-state index contributed by atoms with van der Waals surface area (Å²) in [5.74, 6) is -10.1. The minimum atomic E-state index is -4.51. The normalized spacial score (nSPS) is 29.9. The van der Waals surface area contributed by atoms with Gasteiger partial charge in [0.1, 0.15) is 47.8 Å². The van der Waals surface area contributed by atoms with Crippen LogP contribution >= 0.6 is 11.6 Å². The standard InChI is InChI=1S/C71H114ClF3N12O12/c1-12-45(4)61-68(98)81(7)42-59(90)79(5)43-60(91)83(9)54(38-46-22-15-13-16-23-46)65(95)80(6)41-57(88)76-51(30-28-47-27-29-49(50(72)37-47)71(73,74)75)64(94)87-35-21-24-52(87)63(93)78-70(31-17-18-32-70)69(99)85(11)55(39-48-25-26-48)66(96)84(10)56(67(97)86-33-19-14-20-34-86)40-58(89)82(8)53(36-44(2)3)62(92)77-61/h44-56,61H,12-43H2,1-11H3,(H,76,88)(H,77,92)(H,78,93)/t45-,47?,49?,50?,51-,52-,53-,54-,55-,56-,61-/m0/s1. The van der Waals surface area contributed by atoms with Crippen molar-refractivity contribution in [3.05, 3.63) is 0 Å². The van der Waals surface area contributed by atoms with E-state index >= 15 is 24.0 Å². The van der Waals surface area contributed by atoms with E-state index in [9.17, 15) is 46.7 Å². The molecule has 99 heavy (non-hydrogen) atoms. The van der Waals surface area contributed by atoms with Gasteiger partial charge in [0.2, 0.25) is 70.9 Å². The molecule has 3 N–H and O–H groups in total. The van der Waals surface area contributed by atoms with E-state index in [1.165, 1.54) is 73.8 Å². The van der Waals surface area contributed by atoms with Gasteiger partial charge in [-0.05, 0) is 126 Å². The molecular formula is C71H114ClF3N12O12. The summed E-state index contributed by atoms with van der Waals surface area (Å²) < 4.78 is 42.0. The second kappa shape index (κ2) is 35.5. The minimum Gasteiger partial charge on any atom is -0.343 e. The van der Waals surface area contributed by atoms with E-state index in [2.05, 4.69) is 16.0 Å². The third-order valence-corrected chi connectivity index (χ3v) is 23.2. The highest BCUT2D eigenvalue weighted by Crippen LogP contribution is 2.44. The molecule has 4 aliphatic carbocycles. The zero-order chi connectivity index (χ0) is 73.0. The van der Waals surface area contributed by atoms with Crippen LogP contribution in [0.5, 0.6) is 0 Å². The molecule has 3 saturated heterocycles. The van der Waals surface area contributed by atoms with Crippen LogP contribution in [0.25, 0.3) is 0 Å². The number of piperidine rings is 1. The highest BCUT2D eigenvalue weighted by molar-refractivity contribution is 6.21. The van der Waals surface area contributed by atoms with Crippen molar-refractivity contribution in [3.8, 4) is 0 Å². The molecule has 7 fully saturated rings. The Morgan fingerprint density at radius 2 is 1.14 bits per heavy atom. The van der Waals surface area contributed by atoms with Gasteiger partial charge in [0.05, 0.1) is 32.0 Å². The van der Waals surface area contributed by atoms with Crippen LogP contribution in [0.4, 0.5) is 13.2 Å². The number of nitrogens with one attached hydrogen (secondary N) is 3. The summed E-state index contributed by atoms with van der Waals surface area (Å²) in [4.78, 5) is 190. The first-order chi connectivity index (χ1) is 46.7. The Kier molecular flexibility index (Phi) is 28.7. The topological polar surface area (TPSA) is 270 Å². The number of likely N-dealkylation sites (tertiary alicyclic amines) is 1. The quantitative estimate of drug-likeness (QED) is 0.199. The van der Waals surface area contributed by atoms with Crippen molar-refractivity contribution in [2.75, 3.05) is 88.6 Å². The van der Waals surface area contributed by atoms with Crippen molar-refractivity contribution < 1.29 is 70.7 Å².